The van der Waals surface area contributed by atoms with Crippen LogP contribution in [0.15, 0.2) is 36.4 Å². The lowest BCUT2D eigenvalue weighted by Crippen LogP contribution is -2.30. The molecule has 0 unspecified atom stereocenters. The summed E-state index contributed by atoms with van der Waals surface area (Å²) in [6.45, 7) is 4.09. The lowest BCUT2D eigenvalue weighted by molar-refractivity contribution is -0.161. The van der Waals surface area contributed by atoms with Gasteiger partial charge in [0, 0.05) is 17.6 Å². The van der Waals surface area contributed by atoms with Crippen LogP contribution in [0.1, 0.15) is 36.2 Å². The number of anilines is 1. The van der Waals surface area contributed by atoms with Gasteiger partial charge in [-0.15, -0.1) is 0 Å². The Hall–Kier alpha value is -3.15. The predicted octanol–water partition coefficient (Wildman–Crippen LogP) is 3.59. The molecule has 146 valence electrons. The summed E-state index contributed by atoms with van der Waals surface area (Å²) < 4.78 is 9.98. The van der Waals surface area contributed by atoms with E-state index in [4.69, 9.17) is 9.47 Å². The minimum absolute atomic E-state index is 0.0702. The summed E-state index contributed by atoms with van der Waals surface area (Å²) in [5.74, 6) is -2.25. The van der Waals surface area contributed by atoms with Crippen LogP contribution in [0.3, 0.4) is 0 Å². The highest BCUT2D eigenvalue weighted by molar-refractivity contribution is 6.23. The maximum atomic E-state index is 12.5. The molecule has 1 aliphatic carbocycles. The van der Waals surface area contributed by atoms with E-state index in [0.717, 1.165) is 16.3 Å². The van der Waals surface area contributed by atoms with E-state index in [1.54, 1.807) is 19.9 Å². The van der Waals surface area contributed by atoms with Crippen molar-refractivity contribution in [3.63, 3.8) is 0 Å². The molecule has 0 bridgehead atoms. The van der Waals surface area contributed by atoms with E-state index >= 15 is 0 Å². The fraction of sp³-hybridized carbons (Fsp3) is 0.318. The first-order valence-electron chi connectivity index (χ1n) is 9.42. The Balaban J connectivity index is 1.79. The van der Waals surface area contributed by atoms with Gasteiger partial charge in [-0.2, -0.15) is 0 Å². The molecule has 0 radical (unpaired) electrons. The lowest BCUT2D eigenvalue weighted by Gasteiger charge is -2.18. The van der Waals surface area contributed by atoms with Crippen molar-refractivity contribution in [2.24, 2.45) is 5.92 Å². The van der Waals surface area contributed by atoms with Crippen LogP contribution in [0.4, 0.5) is 5.69 Å². The van der Waals surface area contributed by atoms with Crippen molar-refractivity contribution in [3.05, 3.63) is 47.5 Å². The second-order valence-corrected chi connectivity index (χ2v) is 6.40. The van der Waals surface area contributed by atoms with Crippen molar-refractivity contribution >= 4 is 40.3 Å². The molecule has 6 nitrogen and oxygen atoms in total. The molecule has 0 saturated heterocycles. The van der Waals surface area contributed by atoms with Gasteiger partial charge in [-0.05, 0) is 43.4 Å². The zero-order valence-electron chi connectivity index (χ0n) is 16.0. The third kappa shape index (κ3) is 3.91. The van der Waals surface area contributed by atoms with Crippen LogP contribution in [-0.2, 0) is 19.1 Å². The number of nitrogens with one attached hydrogen (secondary N) is 1. The molecule has 2 aromatic carbocycles. The maximum Gasteiger partial charge on any atom is 0.320 e. The number of esters is 2. The Labute approximate surface area is 163 Å². The first-order valence-corrected chi connectivity index (χ1v) is 9.42. The zero-order valence-corrected chi connectivity index (χ0v) is 16.0. The first-order chi connectivity index (χ1) is 13.6. The van der Waals surface area contributed by atoms with Crippen molar-refractivity contribution in [1.82, 2.24) is 0 Å². The highest BCUT2D eigenvalue weighted by Gasteiger charge is 2.29. The molecule has 0 heterocycles. The van der Waals surface area contributed by atoms with E-state index in [1.165, 1.54) is 0 Å². The third-order valence-electron chi connectivity index (χ3n) is 4.63. The van der Waals surface area contributed by atoms with Crippen molar-refractivity contribution in [2.45, 2.75) is 20.3 Å². The average molecular weight is 381 g/mol. The van der Waals surface area contributed by atoms with Gasteiger partial charge in [-0.1, -0.05) is 30.3 Å². The molecule has 0 saturated carbocycles. The van der Waals surface area contributed by atoms with E-state index in [9.17, 15) is 14.4 Å². The zero-order chi connectivity index (χ0) is 20.1. The summed E-state index contributed by atoms with van der Waals surface area (Å²) in [6, 6.07) is 9.69. The Morgan fingerprint density at radius 2 is 1.71 bits per heavy atom. The molecule has 0 aliphatic heterocycles. The van der Waals surface area contributed by atoms with Crippen LogP contribution < -0.4 is 5.32 Å². The summed E-state index contributed by atoms with van der Waals surface area (Å²) in [7, 11) is 0. The lowest BCUT2D eigenvalue weighted by atomic mass is 9.91. The minimum atomic E-state index is -0.990. The predicted molar refractivity (Wildman–Crippen MR) is 107 cm³/mol. The number of rotatable bonds is 8. The summed E-state index contributed by atoms with van der Waals surface area (Å²) >= 11 is 0. The maximum absolute atomic E-state index is 12.5. The number of carbonyl (C=O) groups excluding carboxylic acids is 3. The molecule has 2 aromatic rings. The second-order valence-electron chi connectivity index (χ2n) is 6.40. The van der Waals surface area contributed by atoms with E-state index in [2.05, 4.69) is 5.32 Å². The van der Waals surface area contributed by atoms with E-state index in [0.29, 0.717) is 17.8 Å². The topological polar surface area (TPSA) is 81.7 Å². The van der Waals surface area contributed by atoms with Crippen LogP contribution >= 0.6 is 0 Å². The van der Waals surface area contributed by atoms with E-state index in [1.807, 2.05) is 36.4 Å². The normalized spacial score (nSPS) is 12.3. The molecule has 1 aliphatic rings. The Morgan fingerprint density at radius 1 is 1.00 bits per heavy atom. The van der Waals surface area contributed by atoms with Gasteiger partial charge in [0.2, 0.25) is 0 Å². The largest absolute Gasteiger partial charge is 0.465 e. The number of benzene rings is 2. The number of ether oxygens (including phenoxy) is 2. The number of hydrogen-bond acceptors (Lipinski definition) is 6. The van der Waals surface area contributed by atoms with Crippen molar-refractivity contribution in [2.75, 3.05) is 25.1 Å². The molecule has 0 amide bonds. The van der Waals surface area contributed by atoms with Crippen molar-refractivity contribution < 1.29 is 23.9 Å². The summed E-state index contributed by atoms with van der Waals surface area (Å²) in [4.78, 5) is 36.7. The standard InChI is InChI=1S/C22H23NO5/c1-3-27-21(25)16(22(26)28-4-2)12-13-23-17-10-8-14-6-5-7-15-9-11-18(24)20(17)19(14)15/h5-11,16,23H,3-4,12-13H2,1-2H3. The molecule has 28 heavy (non-hydrogen) atoms. The fourth-order valence-electron chi connectivity index (χ4n) is 3.37. The van der Waals surface area contributed by atoms with Gasteiger partial charge >= 0.3 is 11.9 Å². The van der Waals surface area contributed by atoms with Gasteiger partial charge in [0.1, 0.15) is 0 Å². The number of carbonyl (C=O) groups is 3. The molecule has 0 atom stereocenters. The number of allylic oxidation sites excluding steroid dienone is 1. The molecular weight excluding hydrogens is 358 g/mol. The van der Waals surface area contributed by atoms with Crippen LogP contribution in [-0.4, -0.2) is 37.5 Å². The van der Waals surface area contributed by atoms with Crippen LogP contribution in [0, 0.1) is 5.92 Å². The number of hydrogen-bond donors (Lipinski definition) is 1. The van der Waals surface area contributed by atoms with Gasteiger partial charge < -0.3 is 14.8 Å². The van der Waals surface area contributed by atoms with Gasteiger partial charge in [-0.25, -0.2) is 0 Å². The number of ketones is 1. The molecule has 0 aromatic heterocycles. The molecule has 0 fully saturated rings. The highest BCUT2D eigenvalue weighted by atomic mass is 16.6. The van der Waals surface area contributed by atoms with E-state index in [-0.39, 0.29) is 25.4 Å². The van der Waals surface area contributed by atoms with Crippen LogP contribution in [0.2, 0.25) is 0 Å². The SMILES string of the molecule is CCOC(=O)C(CCNc1ccc2cccc3c2c1C(=O)C=C3)C(=O)OCC. The average Bonchev–Trinajstić information content (AvgIpc) is 2.69. The summed E-state index contributed by atoms with van der Waals surface area (Å²) in [6.07, 6.45) is 3.59. The van der Waals surface area contributed by atoms with Crippen LogP contribution in [0.5, 0.6) is 0 Å². The monoisotopic (exact) mass is 381 g/mol. The summed E-state index contributed by atoms with van der Waals surface area (Å²) in [5, 5.41) is 5.10. The summed E-state index contributed by atoms with van der Waals surface area (Å²) in [5.41, 5.74) is 2.28. The smallest absolute Gasteiger partial charge is 0.320 e. The fourth-order valence-corrected chi connectivity index (χ4v) is 3.37. The molecular formula is C22H23NO5. The molecule has 3 rings (SSSR count). The Bertz CT molecular complexity index is 929. The Morgan fingerprint density at radius 3 is 2.39 bits per heavy atom. The Kier molecular flexibility index (Phi) is 6.09. The van der Waals surface area contributed by atoms with Crippen molar-refractivity contribution in [3.8, 4) is 0 Å². The van der Waals surface area contributed by atoms with Gasteiger partial charge in [0.25, 0.3) is 0 Å². The second kappa shape index (κ2) is 8.69. The van der Waals surface area contributed by atoms with Crippen LogP contribution in [0.25, 0.3) is 16.8 Å². The minimum Gasteiger partial charge on any atom is -0.465 e. The highest BCUT2D eigenvalue weighted by Crippen LogP contribution is 2.33. The molecule has 0 spiro atoms. The van der Waals surface area contributed by atoms with Crippen molar-refractivity contribution in [1.29, 1.82) is 0 Å². The first kappa shape index (κ1) is 19.6. The quantitative estimate of drug-likeness (QED) is 0.556. The molecule has 6 heteroatoms. The van der Waals surface area contributed by atoms with Gasteiger partial charge in [0.05, 0.1) is 18.8 Å². The molecule has 1 N–H and O–H groups in total. The van der Waals surface area contributed by atoms with Gasteiger partial charge in [0.15, 0.2) is 11.7 Å². The van der Waals surface area contributed by atoms with E-state index < -0.39 is 17.9 Å². The third-order valence-corrected chi connectivity index (χ3v) is 4.63. The van der Waals surface area contributed by atoms with Gasteiger partial charge in [-0.3, -0.25) is 14.4 Å².